The van der Waals surface area contributed by atoms with Crippen LogP contribution >= 0.6 is 0 Å². The molecular formula is C10H11F2N5O3. The maximum absolute atomic E-state index is 12.9. The Hall–Kier alpha value is -2.39. The summed E-state index contributed by atoms with van der Waals surface area (Å²) in [5, 5.41) is 19.0. The third kappa shape index (κ3) is 2.78. The van der Waals surface area contributed by atoms with E-state index in [4.69, 9.17) is 9.63 Å². The van der Waals surface area contributed by atoms with Gasteiger partial charge in [0.15, 0.2) is 11.5 Å². The number of aromatic nitrogens is 5. The van der Waals surface area contributed by atoms with Crippen molar-refractivity contribution in [3.05, 3.63) is 23.1 Å². The molecule has 0 saturated carbocycles. The van der Waals surface area contributed by atoms with Crippen LogP contribution < -0.4 is 0 Å². The molecule has 0 amide bonds. The first-order valence-corrected chi connectivity index (χ1v) is 5.79. The molecule has 2 aromatic rings. The highest BCUT2D eigenvalue weighted by molar-refractivity contribution is 5.86. The molecule has 0 saturated heterocycles. The molecule has 0 radical (unpaired) electrons. The number of nitrogens with zero attached hydrogens (tertiary/aromatic N) is 5. The van der Waals surface area contributed by atoms with Crippen molar-refractivity contribution in [1.29, 1.82) is 0 Å². The second-order valence-corrected chi connectivity index (χ2v) is 3.94. The van der Waals surface area contributed by atoms with Gasteiger partial charge in [0.2, 0.25) is 5.89 Å². The molecule has 0 aliphatic carbocycles. The number of carboxylic acids is 1. The summed E-state index contributed by atoms with van der Waals surface area (Å²) < 4.78 is 31.4. The summed E-state index contributed by atoms with van der Waals surface area (Å²) in [6.07, 6.45) is -1.64. The van der Waals surface area contributed by atoms with Crippen molar-refractivity contribution in [3.8, 4) is 0 Å². The number of alkyl halides is 2. The van der Waals surface area contributed by atoms with Crippen LogP contribution in [0.25, 0.3) is 0 Å². The standard InChI is InChI=1S/C10H11F2N5O3/c1-2-3-6-13-5(15-20-6)4-17-8(9(11)12)7(10(18)19)14-16-17/h9H,2-4H2,1H3,(H,18,19). The molecule has 108 valence electrons. The van der Waals surface area contributed by atoms with Crippen molar-refractivity contribution in [3.63, 3.8) is 0 Å². The Labute approximate surface area is 111 Å². The summed E-state index contributed by atoms with van der Waals surface area (Å²) in [7, 11) is 0. The molecule has 0 aliphatic rings. The Morgan fingerprint density at radius 2 is 2.25 bits per heavy atom. The van der Waals surface area contributed by atoms with Gasteiger partial charge < -0.3 is 9.63 Å². The minimum absolute atomic E-state index is 0.136. The predicted octanol–water partition coefficient (Wildman–Crippen LogP) is 1.30. The number of rotatable bonds is 6. The average molecular weight is 287 g/mol. The van der Waals surface area contributed by atoms with Crippen LogP contribution in [0.1, 0.15) is 47.7 Å². The Kier molecular flexibility index (Phi) is 4.01. The molecule has 10 heteroatoms. The Bertz CT molecular complexity index is 610. The Balaban J connectivity index is 2.26. The summed E-state index contributed by atoms with van der Waals surface area (Å²) in [5.74, 6) is -1.04. The predicted molar refractivity (Wildman–Crippen MR) is 59.3 cm³/mol. The maximum Gasteiger partial charge on any atom is 0.358 e. The monoisotopic (exact) mass is 287 g/mol. The third-order valence-corrected chi connectivity index (χ3v) is 2.45. The highest BCUT2D eigenvalue weighted by Gasteiger charge is 2.27. The van der Waals surface area contributed by atoms with E-state index in [1.54, 1.807) is 0 Å². The third-order valence-electron chi connectivity index (χ3n) is 2.45. The van der Waals surface area contributed by atoms with Gasteiger partial charge in [-0.3, -0.25) is 0 Å². The largest absolute Gasteiger partial charge is 0.476 e. The summed E-state index contributed by atoms with van der Waals surface area (Å²) in [6.45, 7) is 1.70. The van der Waals surface area contributed by atoms with E-state index in [0.29, 0.717) is 12.3 Å². The summed E-state index contributed by atoms with van der Waals surface area (Å²) in [5.41, 5.74) is -1.56. The molecule has 0 unspecified atom stereocenters. The lowest BCUT2D eigenvalue weighted by atomic mass is 10.3. The number of carboxylic acid groups (broad SMARTS) is 1. The quantitative estimate of drug-likeness (QED) is 0.853. The van der Waals surface area contributed by atoms with Crippen LogP contribution in [0, 0.1) is 0 Å². The van der Waals surface area contributed by atoms with Crippen LogP contribution in [-0.2, 0) is 13.0 Å². The highest BCUT2D eigenvalue weighted by atomic mass is 19.3. The molecule has 0 atom stereocenters. The molecule has 1 N–H and O–H groups in total. The summed E-state index contributed by atoms with van der Waals surface area (Å²) in [6, 6.07) is 0. The first-order chi connectivity index (χ1) is 9.52. The lowest BCUT2D eigenvalue weighted by Crippen LogP contribution is -2.10. The number of aryl methyl sites for hydroxylation is 1. The van der Waals surface area contributed by atoms with Crippen LogP contribution in [-0.4, -0.2) is 36.2 Å². The second-order valence-electron chi connectivity index (χ2n) is 3.94. The normalized spacial score (nSPS) is 11.2. The van der Waals surface area contributed by atoms with Gasteiger partial charge in [-0.25, -0.2) is 18.3 Å². The van der Waals surface area contributed by atoms with Gasteiger partial charge in [0.25, 0.3) is 6.43 Å². The van der Waals surface area contributed by atoms with Crippen molar-refractivity contribution in [2.75, 3.05) is 0 Å². The van der Waals surface area contributed by atoms with E-state index >= 15 is 0 Å². The van der Waals surface area contributed by atoms with Crippen LogP contribution in [0.2, 0.25) is 0 Å². The first-order valence-electron chi connectivity index (χ1n) is 5.79. The number of carbonyl (C=O) groups is 1. The lowest BCUT2D eigenvalue weighted by Gasteiger charge is -2.02. The SMILES string of the molecule is CCCc1nc(Cn2nnc(C(=O)O)c2C(F)F)no1. The smallest absolute Gasteiger partial charge is 0.358 e. The first kappa shape index (κ1) is 14.0. The zero-order valence-electron chi connectivity index (χ0n) is 10.5. The van der Waals surface area contributed by atoms with Crippen molar-refractivity contribution in [2.45, 2.75) is 32.7 Å². The number of aromatic carboxylic acids is 1. The van der Waals surface area contributed by atoms with E-state index in [-0.39, 0.29) is 12.4 Å². The van der Waals surface area contributed by atoms with Gasteiger partial charge in [-0.2, -0.15) is 4.98 Å². The summed E-state index contributed by atoms with van der Waals surface area (Å²) >= 11 is 0. The minimum Gasteiger partial charge on any atom is -0.476 e. The fourth-order valence-electron chi connectivity index (χ4n) is 1.61. The van der Waals surface area contributed by atoms with E-state index in [9.17, 15) is 13.6 Å². The molecule has 2 heterocycles. The number of hydrogen-bond acceptors (Lipinski definition) is 6. The van der Waals surface area contributed by atoms with Gasteiger partial charge in [-0.05, 0) is 6.42 Å². The molecule has 0 spiro atoms. The average Bonchev–Trinajstić information content (AvgIpc) is 2.97. The van der Waals surface area contributed by atoms with Crippen molar-refractivity contribution in [2.24, 2.45) is 0 Å². The molecule has 2 aromatic heterocycles. The Morgan fingerprint density at radius 3 is 2.85 bits per heavy atom. The van der Waals surface area contributed by atoms with Gasteiger partial charge in [-0.1, -0.05) is 17.3 Å². The van der Waals surface area contributed by atoms with E-state index < -0.39 is 23.8 Å². The van der Waals surface area contributed by atoms with Gasteiger partial charge in [0, 0.05) is 6.42 Å². The van der Waals surface area contributed by atoms with E-state index in [2.05, 4.69) is 20.5 Å². The fourth-order valence-corrected chi connectivity index (χ4v) is 1.61. The van der Waals surface area contributed by atoms with Crippen LogP contribution in [0.4, 0.5) is 8.78 Å². The lowest BCUT2D eigenvalue weighted by molar-refractivity contribution is 0.0675. The van der Waals surface area contributed by atoms with Crippen LogP contribution in [0.5, 0.6) is 0 Å². The zero-order chi connectivity index (χ0) is 14.7. The highest BCUT2D eigenvalue weighted by Crippen LogP contribution is 2.21. The molecule has 2 rings (SSSR count). The number of halogens is 2. The molecular weight excluding hydrogens is 276 g/mol. The van der Waals surface area contributed by atoms with Gasteiger partial charge in [0.05, 0.1) is 0 Å². The minimum atomic E-state index is -3.02. The van der Waals surface area contributed by atoms with E-state index in [0.717, 1.165) is 11.1 Å². The van der Waals surface area contributed by atoms with E-state index in [1.807, 2.05) is 6.92 Å². The van der Waals surface area contributed by atoms with Gasteiger partial charge in [-0.15, -0.1) is 5.10 Å². The molecule has 0 aliphatic heterocycles. The molecule has 0 fully saturated rings. The molecule has 0 bridgehead atoms. The van der Waals surface area contributed by atoms with Crippen LogP contribution in [0.3, 0.4) is 0 Å². The second kappa shape index (κ2) is 5.72. The van der Waals surface area contributed by atoms with Crippen molar-refractivity contribution >= 4 is 5.97 Å². The summed E-state index contributed by atoms with van der Waals surface area (Å²) in [4.78, 5) is 14.8. The van der Waals surface area contributed by atoms with Gasteiger partial charge >= 0.3 is 5.97 Å². The molecule has 0 aromatic carbocycles. The van der Waals surface area contributed by atoms with Crippen molar-refractivity contribution < 1.29 is 23.2 Å². The zero-order valence-corrected chi connectivity index (χ0v) is 10.5. The maximum atomic E-state index is 12.9. The van der Waals surface area contributed by atoms with Gasteiger partial charge in [0.1, 0.15) is 12.2 Å². The fraction of sp³-hybridized carbons (Fsp3) is 0.500. The topological polar surface area (TPSA) is 107 Å². The number of hydrogen-bond donors (Lipinski definition) is 1. The van der Waals surface area contributed by atoms with E-state index in [1.165, 1.54) is 0 Å². The molecule has 20 heavy (non-hydrogen) atoms. The molecule has 8 nitrogen and oxygen atoms in total. The van der Waals surface area contributed by atoms with Crippen molar-refractivity contribution in [1.82, 2.24) is 25.1 Å². The van der Waals surface area contributed by atoms with Crippen LogP contribution in [0.15, 0.2) is 4.52 Å². The Morgan fingerprint density at radius 1 is 1.50 bits per heavy atom.